The van der Waals surface area contributed by atoms with Crippen molar-refractivity contribution in [3.8, 4) is 11.6 Å². The van der Waals surface area contributed by atoms with E-state index in [0.29, 0.717) is 31.8 Å². The third kappa shape index (κ3) is 9.90. The zero-order valence-electron chi connectivity index (χ0n) is 29.3. The van der Waals surface area contributed by atoms with Gasteiger partial charge in [0.2, 0.25) is 5.91 Å². The van der Waals surface area contributed by atoms with Gasteiger partial charge < -0.3 is 30.4 Å². The predicted molar refractivity (Wildman–Crippen MR) is 196 cm³/mol. The minimum absolute atomic E-state index is 0.0716. The van der Waals surface area contributed by atoms with E-state index in [1.807, 2.05) is 93.6 Å². The lowest BCUT2D eigenvalue weighted by Crippen LogP contribution is -2.32. The van der Waals surface area contributed by atoms with Gasteiger partial charge in [0.15, 0.2) is 0 Å². The fourth-order valence-corrected chi connectivity index (χ4v) is 5.85. The molecule has 0 bridgehead atoms. The third-order valence-electron chi connectivity index (χ3n) is 8.66. The summed E-state index contributed by atoms with van der Waals surface area (Å²) in [6, 6.07) is 31.1. The van der Waals surface area contributed by atoms with Crippen LogP contribution in [-0.2, 0) is 30.7 Å². The molecule has 0 spiro atoms. The predicted octanol–water partition coefficient (Wildman–Crippen LogP) is 5.93. The van der Waals surface area contributed by atoms with Crippen LogP contribution in [0.25, 0.3) is 5.82 Å². The lowest BCUT2D eigenvalue weighted by Gasteiger charge is -2.18. The summed E-state index contributed by atoms with van der Waals surface area (Å²) in [6.45, 7) is 9.85. The van der Waals surface area contributed by atoms with Gasteiger partial charge in [0, 0.05) is 60.0 Å². The first-order valence-electron chi connectivity index (χ1n) is 17.1. The highest BCUT2D eigenvalue weighted by molar-refractivity contribution is 5.94. The Bertz CT molecular complexity index is 1830. The number of ether oxygens (including phenoxy) is 1. The average Bonchev–Trinajstić information content (AvgIpc) is 3.47. The Balaban J connectivity index is 1.01. The lowest BCUT2D eigenvalue weighted by molar-refractivity contribution is -0.120. The van der Waals surface area contributed by atoms with Crippen LogP contribution in [0.15, 0.2) is 103 Å². The van der Waals surface area contributed by atoms with Crippen molar-refractivity contribution in [1.29, 1.82) is 0 Å². The Kier molecular flexibility index (Phi) is 12.6. The van der Waals surface area contributed by atoms with E-state index in [1.54, 1.807) is 18.3 Å². The molecule has 0 aliphatic heterocycles. The van der Waals surface area contributed by atoms with E-state index < -0.39 is 6.10 Å². The highest BCUT2D eigenvalue weighted by atomic mass is 16.5. The highest BCUT2D eigenvalue weighted by Gasteiger charge is 2.13. The number of pyridine rings is 1. The summed E-state index contributed by atoms with van der Waals surface area (Å²) in [7, 11) is 0. The van der Waals surface area contributed by atoms with Crippen molar-refractivity contribution in [2.24, 2.45) is 0 Å². The molecule has 2 amide bonds. The molecule has 4 N–H and O–H groups in total. The van der Waals surface area contributed by atoms with Crippen molar-refractivity contribution in [3.05, 3.63) is 148 Å². The van der Waals surface area contributed by atoms with E-state index in [0.717, 1.165) is 57.2 Å². The summed E-state index contributed by atoms with van der Waals surface area (Å²) in [4.78, 5) is 29.9. The number of carbonyl (C=O) groups is 2. The lowest BCUT2D eigenvalue weighted by atomic mass is 10.0. The molecule has 3 aromatic carbocycles. The highest BCUT2D eigenvalue weighted by Crippen LogP contribution is 2.19. The van der Waals surface area contributed by atoms with Gasteiger partial charge in [-0.2, -0.15) is 0 Å². The summed E-state index contributed by atoms with van der Waals surface area (Å²) < 4.78 is 7.72. The Morgan fingerprint density at radius 3 is 2.18 bits per heavy atom. The Hall–Kier alpha value is -5.25. The molecule has 2 heterocycles. The summed E-state index contributed by atoms with van der Waals surface area (Å²) in [5.74, 6) is 1.36. The van der Waals surface area contributed by atoms with Gasteiger partial charge >= 0.3 is 0 Å². The summed E-state index contributed by atoms with van der Waals surface area (Å²) in [5, 5.41) is 20.1. The Labute approximate surface area is 294 Å². The van der Waals surface area contributed by atoms with Crippen LogP contribution in [0.3, 0.4) is 0 Å². The van der Waals surface area contributed by atoms with Gasteiger partial charge in [-0.1, -0.05) is 60.7 Å². The monoisotopic (exact) mass is 673 g/mol. The third-order valence-corrected chi connectivity index (χ3v) is 8.66. The molecule has 5 aromatic rings. The first-order chi connectivity index (χ1) is 24.2. The fraction of sp³-hybridized carbons (Fsp3) is 0.293. The molecule has 0 saturated carbocycles. The van der Waals surface area contributed by atoms with Crippen molar-refractivity contribution in [3.63, 3.8) is 0 Å². The molecule has 1 unspecified atom stereocenters. The maximum absolute atomic E-state index is 12.7. The van der Waals surface area contributed by atoms with E-state index in [-0.39, 0.29) is 24.3 Å². The molecule has 9 nitrogen and oxygen atoms in total. The maximum Gasteiger partial charge on any atom is 0.251 e. The molecule has 0 aliphatic rings. The molecule has 0 fully saturated rings. The van der Waals surface area contributed by atoms with Gasteiger partial charge in [0.25, 0.3) is 5.91 Å². The van der Waals surface area contributed by atoms with Gasteiger partial charge in [0.05, 0.1) is 19.1 Å². The number of aromatic nitrogens is 2. The quantitative estimate of drug-likeness (QED) is 0.103. The number of hydrogen-bond donors (Lipinski definition) is 4. The zero-order chi connectivity index (χ0) is 35.5. The topological polar surface area (TPSA) is 118 Å². The molecule has 50 heavy (non-hydrogen) atoms. The number of carbonyl (C=O) groups excluding carboxylic acids is 2. The van der Waals surface area contributed by atoms with Gasteiger partial charge in [-0.05, 0) is 87.2 Å². The van der Waals surface area contributed by atoms with Crippen molar-refractivity contribution in [1.82, 2.24) is 25.5 Å². The Morgan fingerprint density at radius 1 is 0.820 bits per heavy atom. The van der Waals surface area contributed by atoms with Gasteiger partial charge in [-0.3, -0.25) is 9.59 Å². The number of rotatable bonds is 16. The van der Waals surface area contributed by atoms with Crippen LogP contribution < -0.4 is 20.7 Å². The summed E-state index contributed by atoms with van der Waals surface area (Å²) >= 11 is 0. The van der Waals surface area contributed by atoms with Gasteiger partial charge in [0.1, 0.15) is 11.6 Å². The van der Waals surface area contributed by atoms with Crippen LogP contribution in [0.4, 0.5) is 0 Å². The maximum atomic E-state index is 12.7. The number of amides is 2. The summed E-state index contributed by atoms with van der Waals surface area (Å²) in [5.41, 5.74) is 7.48. The van der Waals surface area contributed by atoms with Crippen LogP contribution in [0.5, 0.6) is 5.75 Å². The van der Waals surface area contributed by atoms with Crippen LogP contribution in [0, 0.1) is 13.8 Å². The molecule has 260 valence electrons. The molecule has 5 rings (SSSR count). The number of aryl methyl sites for hydroxylation is 2. The van der Waals surface area contributed by atoms with E-state index in [1.165, 1.54) is 0 Å². The number of hydrogen-bond acceptors (Lipinski definition) is 6. The molecular formula is C41H47N5O4. The minimum Gasteiger partial charge on any atom is -0.494 e. The zero-order valence-corrected chi connectivity index (χ0v) is 29.3. The van der Waals surface area contributed by atoms with E-state index in [9.17, 15) is 14.7 Å². The standard InChI is InChI=1S/C41H47N5O4/c1-5-50-38-9-7-6-8-36(38)26-45-41(49)34-18-16-33(17-19-34)24-44-40(48)23-32-14-12-31(13-15-32)22-28(2)42-27-37(47)35-20-21-39(43-25-35)46-29(3)10-11-30(46)4/h6-21,25,28,37,42,47H,5,22-24,26-27H2,1-4H3,(H,44,48)(H,45,49)/t28?,37-/m1/s1. The van der Waals surface area contributed by atoms with Crippen LogP contribution >= 0.6 is 0 Å². The number of aliphatic hydroxyl groups is 1. The number of nitrogens with one attached hydrogen (secondary N) is 3. The SMILES string of the molecule is CCOc1ccccc1CNC(=O)c1ccc(CNC(=O)Cc2ccc(CC(C)NC[C@@H](O)c3ccc(-n4c(C)ccc4C)nc3)cc2)cc1. The number of aliphatic hydroxyl groups excluding tert-OH is 1. The fourth-order valence-electron chi connectivity index (χ4n) is 5.85. The van der Waals surface area contributed by atoms with Crippen molar-refractivity contribution in [2.75, 3.05) is 13.2 Å². The molecule has 2 aromatic heterocycles. The van der Waals surface area contributed by atoms with Gasteiger partial charge in [-0.25, -0.2) is 4.98 Å². The van der Waals surface area contributed by atoms with Crippen molar-refractivity contribution < 1.29 is 19.4 Å². The van der Waals surface area contributed by atoms with E-state index in [2.05, 4.69) is 44.6 Å². The Morgan fingerprint density at radius 2 is 1.50 bits per heavy atom. The van der Waals surface area contributed by atoms with E-state index in [4.69, 9.17) is 4.74 Å². The molecule has 0 radical (unpaired) electrons. The van der Waals surface area contributed by atoms with Crippen LogP contribution in [-0.4, -0.2) is 45.7 Å². The second kappa shape index (κ2) is 17.4. The van der Waals surface area contributed by atoms with Crippen LogP contribution in [0.1, 0.15) is 69.5 Å². The number of para-hydroxylation sites is 1. The second-order valence-corrected chi connectivity index (χ2v) is 12.6. The number of nitrogens with zero attached hydrogens (tertiary/aromatic N) is 2. The van der Waals surface area contributed by atoms with Crippen molar-refractivity contribution >= 4 is 11.8 Å². The molecule has 2 atom stereocenters. The van der Waals surface area contributed by atoms with Crippen molar-refractivity contribution in [2.45, 2.75) is 65.8 Å². The molecule has 0 saturated heterocycles. The normalized spacial score (nSPS) is 12.3. The second-order valence-electron chi connectivity index (χ2n) is 12.6. The smallest absolute Gasteiger partial charge is 0.251 e. The minimum atomic E-state index is -0.663. The molecule has 0 aliphatic carbocycles. The first-order valence-corrected chi connectivity index (χ1v) is 17.1. The average molecular weight is 674 g/mol. The van der Waals surface area contributed by atoms with Gasteiger partial charge in [-0.15, -0.1) is 0 Å². The largest absolute Gasteiger partial charge is 0.494 e. The first kappa shape index (κ1) is 36.0. The molecule has 9 heteroatoms. The number of benzene rings is 3. The summed E-state index contributed by atoms with van der Waals surface area (Å²) in [6.07, 6.45) is 2.14. The molecular weight excluding hydrogens is 626 g/mol. The van der Waals surface area contributed by atoms with Crippen LogP contribution in [0.2, 0.25) is 0 Å². The van der Waals surface area contributed by atoms with E-state index >= 15 is 0 Å².